The zero-order valence-electron chi connectivity index (χ0n) is 19.5. The summed E-state index contributed by atoms with van der Waals surface area (Å²) in [6.07, 6.45) is 2.95. The van der Waals surface area contributed by atoms with Gasteiger partial charge in [0.15, 0.2) is 16.6 Å². The normalized spacial score (nSPS) is 14.1. The summed E-state index contributed by atoms with van der Waals surface area (Å²) in [7, 11) is -5.04. The first kappa shape index (κ1) is 25.8. The summed E-state index contributed by atoms with van der Waals surface area (Å²) in [6.45, 7) is 19.8. The first-order valence-corrected chi connectivity index (χ1v) is 20.3. The van der Waals surface area contributed by atoms with Crippen molar-refractivity contribution in [2.24, 2.45) is 0 Å². The van der Waals surface area contributed by atoms with Crippen LogP contribution < -0.4 is 4.43 Å². The van der Waals surface area contributed by atoms with E-state index in [2.05, 4.69) is 58.9 Å². The van der Waals surface area contributed by atoms with E-state index in [1.54, 1.807) is 6.08 Å². The van der Waals surface area contributed by atoms with Gasteiger partial charge in [0.1, 0.15) is 18.5 Å². The van der Waals surface area contributed by atoms with Crippen molar-refractivity contribution in [2.45, 2.75) is 65.0 Å². The Morgan fingerprint density at radius 1 is 0.862 bits per heavy atom. The third-order valence-corrected chi connectivity index (χ3v) is 6.27. The highest BCUT2D eigenvalue weighted by molar-refractivity contribution is 6.70. The molecule has 0 radical (unpaired) electrons. The Hall–Kier alpha value is -1.20. The quantitative estimate of drug-likeness (QED) is 0.250. The first-order chi connectivity index (χ1) is 13.1. The number of benzene rings is 1. The average molecular weight is 455 g/mol. The van der Waals surface area contributed by atoms with Gasteiger partial charge in [-0.3, -0.25) is 0 Å². The molecule has 0 N–H and O–H groups in total. The lowest BCUT2D eigenvalue weighted by molar-refractivity contribution is -0.140. The van der Waals surface area contributed by atoms with Gasteiger partial charge in [-0.25, -0.2) is 4.79 Å². The van der Waals surface area contributed by atoms with Gasteiger partial charge in [-0.1, -0.05) is 12.1 Å². The molecule has 5 nitrogen and oxygen atoms in total. The molecule has 1 atom stereocenters. The lowest BCUT2D eigenvalue weighted by atomic mass is 10.2. The highest BCUT2D eigenvalue weighted by atomic mass is 28.4. The molecule has 0 heterocycles. The van der Waals surface area contributed by atoms with E-state index in [1.807, 2.05) is 24.3 Å². The molecule has 1 rings (SSSR count). The first-order valence-electron chi connectivity index (χ1n) is 10.1. The number of rotatable bonds is 11. The molecule has 0 amide bonds. The summed E-state index contributed by atoms with van der Waals surface area (Å²) in [6, 6.07) is 7.71. The Kier molecular flexibility index (Phi) is 9.55. The number of esters is 1. The van der Waals surface area contributed by atoms with Crippen LogP contribution in [0, 0.1) is 0 Å². The van der Waals surface area contributed by atoms with Crippen molar-refractivity contribution in [1.82, 2.24) is 0 Å². The Labute approximate surface area is 179 Å². The molecule has 0 aliphatic heterocycles. The topological polar surface area (TPSA) is 54.0 Å². The summed E-state index contributed by atoms with van der Waals surface area (Å²) in [5.74, 6) is 0.474. The minimum absolute atomic E-state index is 0.195. The molecule has 1 unspecified atom stereocenters. The van der Waals surface area contributed by atoms with Gasteiger partial charge in [-0.05, 0) is 82.7 Å². The predicted molar refractivity (Wildman–Crippen MR) is 128 cm³/mol. The third kappa shape index (κ3) is 13.6. The van der Waals surface area contributed by atoms with Crippen LogP contribution in [0.4, 0.5) is 0 Å². The van der Waals surface area contributed by atoms with Crippen LogP contribution in [0.5, 0.6) is 5.75 Å². The van der Waals surface area contributed by atoms with E-state index in [1.165, 1.54) is 6.08 Å². The van der Waals surface area contributed by atoms with Gasteiger partial charge in [0, 0.05) is 6.08 Å². The molecule has 1 aromatic carbocycles. The van der Waals surface area contributed by atoms with Gasteiger partial charge in [0.25, 0.3) is 0 Å². The number of hydrogen-bond donors (Lipinski definition) is 0. The van der Waals surface area contributed by atoms with Crippen LogP contribution in [0.1, 0.15) is 5.56 Å². The predicted octanol–water partition coefficient (Wildman–Crippen LogP) is 5.53. The number of carbonyl (C=O) groups excluding carboxylic acids is 1. The number of hydrogen-bond acceptors (Lipinski definition) is 5. The van der Waals surface area contributed by atoms with Crippen LogP contribution in [0.15, 0.2) is 30.3 Å². The summed E-state index contributed by atoms with van der Waals surface area (Å²) < 4.78 is 23.4. The van der Waals surface area contributed by atoms with Crippen molar-refractivity contribution in [3.63, 3.8) is 0 Å². The van der Waals surface area contributed by atoms with Crippen LogP contribution >= 0.6 is 0 Å². The van der Waals surface area contributed by atoms with Gasteiger partial charge in [0.05, 0.1) is 6.61 Å². The Morgan fingerprint density at radius 3 is 1.93 bits per heavy atom. The number of ether oxygens (including phenoxy) is 1. The molecule has 29 heavy (non-hydrogen) atoms. The Morgan fingerprint density at radius 2 is 1.45 bits per heavy atom. The highest BCUT2D eigenvalue weighted by Crippen LogP contribution is 2.17. The smallest absolute Gasteiger partial charge is 0.330 e. The van der Waals surface area contributed by atoms with E-state index < -0.39 is 25.0 Å². The zero-order valence-corrected chi connectivity index (χ0v) is 22.5. The van der Waals surface area contributed by atoms with Crippen LogP contribution in [0.2, 0.25) is 58.9 Å². The highest BCUT2D eigenvalue weighted by Gasteiger charge is 2.25. The second-order valence-corrected chi connectivity index (χ2v) is 23.4. The summed E-state index contributed by atoms with van der Waals surface area (Å²) in [4.78, 5) is 12.1. The summed E-state index contributed by atoms with van der Waals surface area (Å²) >= 11 is 0. The van der Waals surface area contributed by atoms with Crippen LogP contribution in [-0.4, -0.2) is 50.2 Å². The van der Waals surface area contributed by atoms with Crippen LogP contribution in [0.3, 0.4) is 0 Å². The van der Waals surface area contributed by atoms with Crippen LogP contribution in [0.25, 0.3) is 6.08 Å². The lowest BCUT2D eigenvalue weighted by Crippen LogP contribution is -2.40. The SMILES string of the molecule is C[Si](C)(C)OCC(COC(=O)/C=C/c1ccc(O[Si](C)(C)C)cc1)O[Si](C)(C)C. The molecule has 0 aliphatic carbocycles. The summed E-state index contributed by atoms with van der Waals surface area (Å²) in [5, 5.41) is 0. The minimum atomic E-state index is -1.77. The molecular weight excluding hydrogens is 416 g/mol. The molecule has 1 aromatic rings. The van der Waals surface area contributed by atoms with Gasteiger partial charge < -0.3 is 18.0 Å². The molecule has 0 saturated carbocycles. The van der Waals surface area contributed by atoms with Gasteiger partial charge >= 0.3 is 5.97 Å². The lowest BCUT2D eigenvalue weighted by Gasteiger charge is -2.28. The standard InChI is InChI=1S/C21H38O5Si3/c1-27(2,3)24-17-20(26-29(7,8)9)16-23-21(22)15-12-18-10-13-19(14-11-18)25-28(4,5)6/h10-15,20H,16-17H2,1-9H3/b15-12+. The van der Waals surface area contributed by atoms with Crippen molar-refractivity contribution in [1.29, 1.82) is 0 Å². The van der Waals surface area contributed by atoms with Crippen molar-refractivity contribution in [2.75, 3.05) is 13.2 Å². The average Bonchev–Trinajstić information content (AvgIpc) is 2.53. The van der Waals surface area contributed by atoms with E-state index in [0.29, 0.717) is 6.61 Å². The minimum Gasteiger partial charge on any atom is -0.544 e. The molecule has 164 valence electrons. The largest absolute Gasteiger partial charge is 0.544 e. The van der Waals surface area contributed by atoms with E-state index >= 15 is 0 Å². The maximum Gasteiger partial charge on any atom is 0.330 e. The second kappa shape index (κ2) is 10.7. The van der Waals surface area contributed by atoms with Crippen molar-refractivity contribution in [3.8, 4) is 5.75 Å². The van der Waals surface area contributed by atoms with Crippen molar-refractivity contribution in [3.05, 3.63) is 35.9 Å². The van der Waals surface area contributed by atoms with Gasteiger partial charge in [0.2, 0.25) is 8.32 Å². The van der Waals surface area contributed by atoms with Gasteiger partial charge in [-0.15, -0.1) is 0 Å². The van der Waals surface area contributed by atoms with E-state index in [0.717, 1.165) is 11.3 Å². The summed E-state index contributed by atoms with van der Waals surface area (Å²) in [5.41, 5.74) is 0.918. The third-order valence-electron chi connectivity index (χ3n) is 3.35. The molecule has 0 saturated heterocycles. The molecular formula is C21H38O5Si3. The second-order valence-electron chi connectivity index (χ2n) is 10.0. The fraction of sp³-hybridized carbons (Fsp3) is 0.571. The van der Waals surface area contributed by atoms with Crippen molar-refractivity contribution >= 4 is 37.0 Å². The molecule has 0 bridgehead atoms. The molecule has 0 aliphatic rings. The maximum absolute atomic E-state index is 12.1. The van der Waals surface area contributed by atoms with E-state index in [4.69, 9.17) is 18.0 Å². The fourth-order valence-corrected chi connectivity index (χ4v) is 5.01. The Balaban J connectivity index is 2.59. The number of carbonyl (C=O) groups is 1. The molecule has 0 spiro atoms. The maximum atomic E-state index is 12.1. The zero-order chi connectivity index (χ0) is 22.3. The van der Waals surface area contributed by atoms with E-state index in [9.17, 15) is 4.79 Å². The van der Waals surface area contributed by atoms with Crippen LogP contribution in [-0.2, 0) is 18.4 Å². The molecule has 0 aromatic heterocycles. The Bertz CT molecular complexity index is 668. The monoisotopic (exact) mass is 454 g/mol. The van der Waals surface area contributed by atoms with Crippen molar-refractivity contribution < 1.29 is 22.8 Å². The molecule has 8 heteroatoms. The van der Waals surface area contributed by atoms with E-state index in [-0.39, 0.29) is 18.7 Å². The van der Waals surface area contributed by atoms with Gasteiger partial charge in [-0.2, -0.15) is 0 Å². The fourth-order valence-electron chi connectivity index (χ4n) is 2.35. The molecule has 0 fully saturated rings.